The molecule has 0 saturated carbocycles. The summed E-state index contributed by atoms with van der Waals surface area (Å²) in [6, 6.07) is 6.42. The van der Waals surface area contributed by atoms with Crippen molar-refractivity contribution in [2.24, 2.45) is 5.92 Å². The van der Waals surface area contributed by atoms with E-state index in [1.165, 1.54) is 56.9 Å². The summed E-state index contributed by atoms with van der Waals surface area (Å²) in [5.74, 6) is 2.64. The normalized spacial score (nSPS) is 14.5. The summed E-state index contributed by atoms with van der Waals surface area (Å²) in [4.78, 5) is 0. The Bertz CT molecular complexity index is 400. The Labute approximate surface area is 123 Å². The molecule has 1 atom stereocenters. The zero-order chi connectivity index (χ0) is 14.2. The topological polar surface area (TPSA) is 18.5 Å². The molecule has 1 heterocycles. The lowest BCUT2D eigenvalue weighted by Crippen LogP contribution is -2.05. The average molecular weight is 276 g/mol. The van der Waals surface area contributed by atoms with E-state index in [9.17, 15) is 0 Å². The van der Waals surface area contributed by atoms with E-state index in [1.54, 1.807) is 0 Å². The van der Waals surface area contributed by atoms with Crippen molar-refractivity contribution in [3.63, 3.8) is 0 Å². The second-order valence-electron chi connectivity index (χ2n) is 5.90. The van der Waals surface area contributed by atoms with Gasteiger partial charge in [0.25, 0.3) is 0 Å². The summed E-state index contributed by atoms with van der Waals surface area (Å²) < 4.78 is 10.9. The number of unbranched alkanes of at least 4 members (excludes halogenated alkanes) is 3. The predicted molar refractivity (Wildman–Crippen MR) is 83.4 cm³/mol. The van der Waals surface area contributed by atoms with Crippen LogP contribution in [0.4, 0.5) is 0 Å². The van der Waals surface area contributed by atoms with Crippen molar-refractivity contribution in [3.05, 3.63) is 23.8 Å². The summed E-state index contributed by atoms with van der Waals surface area (Å²) in [7, 11) is 0. The summed E-state index contributed by atoms with van der Waals surface area (Å²) in [6.07, 6.45) is 10.6. The van der Waals surface area contributed by atoms with Gasteiger partial charge in [-0.25, -0.2) is 0 Å². The van der Waals surface area contributed by atoms with Crippen LogP contribution in [0.15, 0.2) is 18.2 Å². The molecule has 20 heavy (non-hydrogen) atoms. The summed E-state index contributed by atoms with van der Waals surface area (Å²) in [5.41, 5.74) is 1.40. The standard InChI is InChI=1S/C18H28O2/c1-3-5-7-9-15(8-6-4-2)12-16-10-11-17-18(13-16)20-14-19-17/h10-11,13,15H,3-9,12,14H2,1-2H3. The van der Waals surface area contributed by atoms with Crippen LogP contribution in [0.5, 0.6) is 11.5 Å². The van der Waals surface area contributed by atoms with Gasteiger partial charge in [-0.2, -0.15) is 0 Å². The Morgan fingerprint density at radius 3 is 2.50 bits per heavy atom. The van der Waals surface area contributed by atoms with Crippen molar-refractivity contribution < 1.29 is 9.47 Å². The molecule has 2 rings (SSSR count). The Hall–Kier alpha value is -1.18. The highest BCUT2D eigenvalue weighted by Crippen LogP contribution is 2.34. The van der Waals surface area contributed by atoms with Crippen LogP contribution in [-0.2, 0) is 6.42 Å². The maximum Gasteiger partial charge on any atom is 0.231 e. The minimum absolute atomic E-state index is 0.370. The molecular formula is C18H28O2. The van der Waals surface area contributed by atoms with Gasteiger partial charge in [0, 0.05) is 0 Å². The minimum Gasteiger partial charge on any atom is -0.454 e. The molecule has 1 aromatic rings. The zero-order valence-electron chi connectivity index (χ0n) is 13.0. The second-order valence-corrected chi connectivity index (χ2v) is 5.90. The molecule has 0 amide bonds. The number of hydrogen-bond donors (Lipinski definition) is 0. The molecule has 0 spiro atoms. The fourth-order valence-electron chi connectivity index (χ4n) is 2.93. The molecule has 112 valence electrons. The van der Waals surface area contributed by atoms with Gasteiger partial charge in [-0.05, 0) is 30.0 Å². The molecule has 0 N–H and O–H groups in total. The molecule has 0 aliphatic carbocycles. The minimum atomic E-state index is 0.370. The zero-order valence-corrected chi connectivity index (χ0v) is 13.0. The second kappa shape index (κ2) is 8.18. The van der Waals surface area contributed by atoms with Crippen molar-refractivity contribution in [2.75, 3.05) is 6.79 Å². The number of fused-ring (bicyclic) bond motifs is 1. The van der Waals surface area contributed by atoms with E-state index in [2.05, 4.69) is 32.0 Å². The number of hydrogen-bond acceptors (Lipinski definition) is 2. The van der Waals surface area contributed by atoms with Crippen LogP contribution < -0.4 is 9.47 Å². The van der Waals surface area contributed by atoms with Crippen molar-refractivity contribution in [1.82, 2.24) is 0 Å². The van der Waals surface area contributed by atoms with E-state index in [4.69, 9.17) is 9.47 Å². The van der Waals surface area contributed by atoms with Gasteiger partial charge in [0.15, 0.2) is 11.5 Å². The Balaban J connectivity index is 1.91. The van der Waals surface area contributed by atoms with Gasteiger partial charge in [-0.15, -0.1) is 0 Å². The fraction of sp³-hybridized carbons (Fsp3) is 0.667. The van der Waals surface area contributed by atoms with Gasteiger partial charge in [0.1, 0.15) is 0 Å². The van der Waals surface area contributed by atoms with E-state index >= 15 is 0 Å². The molecule has 0 saturated heterocycles. The maximum atomic E-state index is 5.48. The number of benzene rings is 1. The molecule has 2 heteroatoms. The number of rotatable bonds is 9. The summed E-state index contributed by atoms with van der Waals surface area (Å²) in [5, 5.41) is 0. The van der Waals surface area contributed by atoms with Crippen molar-refractivity contribution in [1.29, 1.82) is 0 Å². The van der Waals surface area contributed by atoms with Crippen LogP contribution in [0.1, 0.15) is 64.4 Å². The fourth-order valence-corrected chi connectivity index (χ4v) is 2.93. The lowest BCUT2D eigenvalue weighted by Gasteiger charge is -2.17. The van der Waals surface area contributed by atoms with Gasteiger partial charge >= 0.3 is 0 Å². The Kier molecular flexibility index (Phi) is 6.23. The highest BCUT2D eigenvalue weighted by Gasteiger charge is 2.15. The van der Waals surface area contributed by atoms with E-state index in [1.807, 2.05) is 0 Å². The van der Waals surface area contributed by atoms with Crippen LogP contribution in [0.3, 0.4) is 0 Å². The van der Waals surface area contributed by atoms with Crippen LogP contribution in [0, 0.1) is 5.92 Å². The van der Waals surface area contributed by atoms with E-state index in [0.29, 0.717) is 6.79 Å². The quantitative estimate of drug-likeness (QED) is 0.566. The maximum absolute atomic E-state index is 5.48. The van der Waals surface area contributed by atoms with Crippen LogP contribution in [0.2, 0.25) is 0 Å². The molecule has 0 aromatic heterocycles. The Morgan fingerprint density at radius 1 is 0.950 bits per heavy atom. The largest absolute Gasteiger partial charge is 0.454 e. The van der Waals surface area contributed by atoms with Crippen LogP contribution in [-0.4, -0.2) is 6.79 Å². The van der Waals surface area contributed by atoms with Crippen LogP contribution >= 0.6 is 0 Å². The molecule has 1 aliphatic heterocycles. The molecule has 1 unspecified atom stereocenters. The smallest absolute Gasteiger partial charge is 0.231 e. The molecule has 1 aliphatic rings. The van der Waals surface area contributed by atoms with Gasteiger partial charge in [0.2, 0.25) is 6.79 Å². The summed E-state index contributed by atoms with van der Waals surface area (Å²) in [6.45, 7) is 4.93. The first-order valence-corrected chi connectivity index (χ1v) is 8.22. The number of ether oxygens (including phenoxy) is 2. The third-order valence-corrected chi connectivity index (χ3v) is 4.14. The predicted octanol–water partition coefficient (Wildman–Crippen LogP) is 5.34. The van der Waals surface area contributed by atoms with Gasteiger partial charge in [0.05, 0.1) is 0 Å². The Morgan fingerprint density at radius 2 is 1.70 bits per heavy atom. The monoisotopic (exact) mass is 276 g/mol. The lowest BCUT2D eigenvalue weighted by molar-refractivity contribution is 0.174. The van der Waals surface area contributed by atoms with Gasteiger partial charge in [-0.1, -0.05) is 64.9 Å². The molecule has 1 aromatic carbocycles. The first-order valence-electron chi connectivity index (χ1n) is 8.22. The first-order chi connectivity index (χ1) is 9.83. The molecular weight excluding hydrogens is 248 g/mol. The third kappa shape index (κ3) is 4.43. The van der Waals surface area contributed by atoms with Crippen molar-refractivity contribution in [2.45, 2.75) is 65.2 Å². The van der Waals surface area contributed by atoms with Gasteiger partial charge < -0.3 is 9.47 Å². The van der Waals surface area contributed by atoms with Crippen LogP contribution in [0.25, 0.3) is 0 Å². The first kappa shape index (κ1) is 15.2. The highest BCUT2D eigenvalue weighted by atomic mass is 16.7. The van der Waals surface area contributed by atoms with E-state index < -0.39 is 0 Å². The molecule has 0 radical (unpaired) electrons. The highest BCUT2D eigenvalue weighted by molar-refractivity contribution is 5.44. The average Bonchev–Trinajstić information content (AvgIpc) is 2.92. The molecule has 0 bridgehead atoms. The third-order valence-electron chi connectivity index (χ3n) is 4.14. The van der Waals surface area contributed by atoms with Crippen molar-refractivity contribution in [3.8, 4) is 11.5 Å². The SMILES string of the molecule is CCCCCC(CCCC)Cc1ccc2c(c1)OCO2. The summed E-state index contributed by atoms with van der Waals surface area (Å²) >= 11 is 0. The van der Waals surface area contributed by atoms with E-state index in [0.717, 1.165) is 17.4 Å². The van der Waals surface area contributed by atoms with Crippen molar-refractivity contribution >= 4 is 0 Å². The molecule has 0 fully saturated rings. The molecule has 2 nitrogen and oxygen atoms in total. The lowest BCUT2D eigenvalue weighted by atomic mass is 9.89. The van der Waals surface area contributed by atoms with E-state index in [-0.39, 0.29) is 0 Å². The van der Waals surface area contributed by atoms with Gasteiger partial charge in [-0.3, -0.25) is 0 Å².